The second kappa shape index (κ2) is 8.83. The van der Waals surface area contributed by atoms with E-state index in [9.17, 15) is 9.59 Å². The molecule has 0 bridgehead atoms. The van der Waals surface area contributed by atoms with E-state index < -0.39 is 11.9 Å². The number of fused-ring (bicyclic) bond motifs is 1. The number of carbonyl (C=O) groups excluding carboxylic acids is 2. The zero-order chi connectivity index (χ0) is 21.1. The quantitative estimate of drug-likeness (QED) is 0.159. The molecular formula is C21H12BrClN2O4S. The molecule has 2 aromatic heterocycles. The maximum absolute atomic E-state index is 12.7. The van der Waals surface area contributed by atoms with Crippen LogP contribution in [0.4, 0.5) is 0 Å². The van der Waals surface area contributed by atoms with Crippen LogP contribution < -0.4 is 10.2 Å². The molecule has 150 valence electrons. The van der Waals surface area contributed by atoms with Crippen molar-refractivity contribution < 1.29 is 18.7 Å². The van der Waals surface area contributed by atoms with Crippen LogP contribution in [0.2, 0.25) is 5.02 Å². The Morgan fingerprint density at radius 3 is 2.63 bits per heavy atom. The molecular weight excluding hydrogens is 492 g/mol. The first-order valence-electron chi connectivity index (χ1n) is 8.60. The first-order chi connectivity index (χ1) is 14.5. The Bertz CT molecular complexity index is 1280. The summed E-state index contributed by atoms with van der Waals surface area (Å²) in [6, 6.07) is 17.4. The molecule has 0 spiro atoms. The van der Waals surface area contributed by atoms with Crippen LogP contribution in [-0.2, 0) is 0 Å². The fourth-order valence-corrected chi connectivity index (χ4v) is 4.31. The molecule has 0 aliphatic carbocycles. The number of nitrogens with one attached hydrogen (secondary N) is 1. The third-order valence-electron chi connectivity index (χ3n) is 4.01. The van der Waals surface area contributed by atoms with Gasteiger partial charge in [-0.25, -0.2) is 10.2 Å². The highest BCUT2D eigenvalue weighted by Gasteiger charge is 2.19. The van der Waals surface area contributed by atoms with Gasteiger partial charge >= 0.3 is 11.9 Å². The summed E-state index contributed by atoms with van der Waals surface area (Å²) >= 11 is 10.8. The molecule has 9 heteroatoms. The van der Waals surface area contributed by atoms with E-state index in [0.717, 1.165) is 10.1 Å². The maximum Gasteiger partial charge on any atom is 0.355 e. The fraction of sp³-hybridized carbons (Fsp3) is 0. The van der Waals surface area contributed by atoms with Gasteiger partial charge in [0.2, 0.25) is 0 Å². The smallest absolute Gasteiger partial charge is 0.355 e. The van der Waals surface area contributed by atoms with Crippen molar-refractivity contribution in [1.29, 1.82) is 0 Å². The van der Waals surface area contributed by atoms with Crippen molar-refractivity contribution in [1.82, 2.24) is 5.43 Å². The van der Waals surface area contributed by atoms with Crippen LogP contribution in [0, 0.1) is 0 Å². The van der Waals surface area contributed by atoms with Crippen molar-refractivity contribution in [3.05, 3.63) is 86.6 Å². The molecule has 0 aliphatic rings. The second-order valence-corrected chi connectivity index (χ2v) is 8.18. The molecule has 4 rings (SSSR count). The lowest BCUT2D eigenvalue weighted by atomic mass is 10.2. The van der Waals surface area contributed by atoms with E-state index in [4.69, 9.17) is 20.8 Å². The van der Waals surface area contributed by atoms with E-state index >= 15 is 0 Å². The maximum atomic E-state index is 12.7. The number of thiophene rings is 1. The predicted octanol–water partition coefficient (Wildman–Crippen LogP) is 5.89. The number of hydrogen-bond donors (Lipinski definition) is 1. The topological polar surface area (TPSA) is 80.9 Å². The first kappa shape index (κ1) is 20.3. The third-order valence-corrected chi connectivity index (χ3v) is 6.09. The molecule has 30 heavy (non-hydrogen) atoms. The summed E-state index contributed by atoms with van der Waals surface area (Å²) in [6.07, 6.45) is 1.38. The van der Waals surface area contributed by atoms with E-state index in [0.29, 0.717) is 20.1 Å². The van der Waals surface area contributed by atoms with Crippen molar-refractivity contribution in [2.24, 2.45) is 5.10 Å². The number of furan rings is 1. The Kier molecular flexibility index (Phi) is 5.98. The minimum atomic E-state index is -0.563. The highest BCUT2D eigenvalue weighted by atomic mass is 79.9. The lowest BCUT2D eigenvalue weighted by molar-refractivity contribution is 0.0739. The van der Waals surface area contributed by atoms with E-state index in [-0.39, 0.29) is 11.5 Å². The zero-order valence-corrected chi connectivity index (χ0v) is 18.3. The predicted molar refractivity (Wildman–Crippen MR) is 120 cm³/mol. The zero-order valence-electron chi connectivity index (χ0n) is 15.1. The van der Waals surface area contributed by atoms with Crippen molar-refractivity contribution in [3.63, 3.8) is 0 Å². The van der Waals surface area contributed by atoms with Gasteiger partial charge in [0.1, 0.15) is 10.6 Å². The van der Waals surface area contributed by atoms with Crippen molar-refractivity contribution in [2.75, 3.05) is 0 Å². The van der Waals surface area contributed by atoms with Gasteiger partial charge in [0.05, 0.1) is 11.2 Å². The molecule has 0 aliphatic heterocycles. The summed E-state index contributed by atoms with van der Waals surface area (Å²) in [4.78, 5) is 25.0. The summed E-state index contributed by atoms with van der Waals surface area (Å²) in [6.45, 7) is 0. The van der Waals surface area contributed by atoms with Crippen LogP contribution in [0.1, 0.15) is 25.8 Å². The van der Waals surface area contributed by atoms with E-state index in [1.807, 2.05) is 24.3 Å². The van der Waals surface area contributed by atoms with Gasteiger partial charge in [0.15, 0.2) is 10.4 Å². The summed E-state index contributed by atoms with van der Waals surface area (Å²) in [7, 11) is 0. The number of para-hydroxylation sites is 1. The summed E-state index contributed by atoms with van der Waals surface area (Å²) in [5.41, 5.74) is 2.86. The Labute approximate surface area is 188 Å². The van der Waals surface area contributed by atoms with Gasteiger partial charge in [-0.2, -0.15) is 5.10 Å². The molecule has 1 N–H and O–H groups in total. The normalized spacial score (nSPS) is 11.1. The average molecular weight is 504 g/mol. The monoisotopic (exact) mass is 502 g/mol. The molecule has 0 saturated carbocycles. The number of rotatable bonds is 5. The lowest BCUT2D eigenvalue weighted by Crippen LogP contribution is -2.17. The van der Waals surface area contributed by atoms with Gasteiger partial charge in [-0.15, -0.1) is 11.3 Å². The van der Waals surface area contributed by atoms with Crippen LogP contribution in [0.25, 0.3) is 10.1 Å². The number of hydrazone groups is 1. The largest absolute Gasteiger partial charge is 0.444 e. The molecule has 1 amide bonds. The van der Waals surface area contributed by atoms with Gasteiger partial charge in [-0.3, -0.25) is 4.79 Å². The van der Waals surface area contributed by atoms with Crippen molar-refractivity contribution >= 4 is 67.0 Å². The molecule has 0 unspecified atom stereocenters. The van der Waals surface area contributed by atoms with Crippen LogP contribution in [-0.4, -0.2) is 18.1 Å². The SMILES string of the molecule is O=C(NN=Cc1ccccc1OC(=O)c1sc2ccccc2c1Cl)c1ccc(Br)o1. The van der Waals surface area contributed by atoms with Crippen LogP contribution in [0.3, 0.4) is 0 Å². The molecule has 2 aromatic carbocycles. The highest BCUT2D eigenvalue weighted by molar-refractivity contribution is 9.10. The average Bonchev–Trinajstić information content (AvgIpc) is 3.33. The number of halogens is 2. The van der Waals surface area contributed by atoms with Crippen LogP contribution in [0.5, 0.6) is 5.75 Å². The van der Waals surface area contributed by atoms with E-state index in [1.54, 1.807) is 30.3 Å². The molecule has 2 heterocycles. The summed E-state index contributed by atoms with van der Waals surface area (Å²) < 4.78 is 12.0. The lowest BCUT2D eigenvalue weighted by Gasteiger charge is -2.06. The molecule has 0 saturated heterocycles. The first-order valence-corrected chi connectivity index (χ1v) is 10.6. The van der Waals surface area contributed by atoms with Gasteiger partial charge in [0.25, 0.3) is 0 Å². The number of amides is 1. The Morgan fingerprint density at radius 1 is 1.10 bits per heavy atom. The van der Waals surface area contributed by atoms with Gasteiger partial charge in [-0.05, 0) is 46.3 Å². The highest BCUT2D eigenvalue weighted by Crippen LogP contribution is 2.36. The molecule has 0 radical (unpaired) electrons. The number of nitrogens with zero attached hydrogens (tertiary/aromatic N) is 1. The summed E-state index contributed by atoms with van der Waals surface area (Å²) in [5, 5.41) is 5.07. The fourth-order valence-electron chi connectivity index (χ4n) is 2.62. The van der Waals surface area contributed by atoms with E-state index in [2.05, 4.69) is 26.5 Å². The Hall–Kier alpha value is -2.94. The minimum Gasteiger partial charge on any atom is -0.444 e. The Balaban J connectivity index is 1.50. The molecule has 4 aromatic rings. The Morgan fingerprint density at radius 2 is 1.87 bits per heavy atom. The minimum absolute atomic E-state index is 0.109. The number of hydrogen-bond acceptors (Lipinski definition) is 6. The van der Waals surface area contributed by atoms with Gasteiger partial charge in [-0.1, -0.05) is 41.9 Å². The van der Waals surface area contributed by atoms with Gasteiger partial charge in [0, 0.05) is 15.6 Å². The number of carbonyl (C=O) groups is 2. The van der Waals surface area contributed by atoms with E-state index in [1.165, 1.54) is 23.6 Å². The van der Waals surface area contributed by atoms with Crippen LogP contribution in [0.15, 0.2) is 74.9 Å². The second-order valence-electron chi connectivity index (χ2n) is 5.97. The summed E-state index contributed by atoms with van der Waals surface area (Å²) in [5.74, 6) is -0.678. The van der Waals surface area contributed by atoms with Crippen LogP contribution >= 0.6 is 38.9 Å². The van der Waals surface area contributed by atoms with Crippen molar-refractivity contribution in [2.45, 2.75) is 0 Å². The van der Waals surface area contributed by atoms with Crippen molar-refractivity contribution in [3.8, 4) is 5.75 Å². The number of benzene rings is 2. The number of ether oxygens (including phenoxy) is 1. The van der Waals surface area contributed by atoms with Gasteiger partial charge < -0.3 is 9.15 Å². The standard InChI is InChI=1S/C21H12BrClN2O4S/c22-17-10-9-15(28-17)20(26)25-24-11-12-5-1-3-7-14(12)29-21(27)19-18(23)13-6-2-4-8-16(13)30-19/h1-11H,(H,25,26). The third kappa shape index (κ3) is 4.30. The number of esters is 1. The molecule has 0 fully saturated rings. The molecule has 6 nitrogen and oxygen atoms in total. The molecule has 0 atom stereocenters.